The molecule has 0 bridgehead atoms. The van der Waals surface area contributed by atoms with Gasteiger partial charge in [-0.2, -0.15) is 0 Å². The molecular formula is C12H17BrN2. The number of halogens is 1. The second-order valence-electron chi connectivity index (χ2n) is 4.16. The van der Waals surface area contributed by atoms with E-state index in [1.165, 1.54) is 12.1 Å². The average Bonchev–Trinajstić information content (AvgIpc) is 2.43. The van der Waals surface area contributed by atoms with Gasteiger partial charge in [0, 0.05) is 29.3 Å². The predicted molar refractivity (Wildman–Crippen MR) is 68.2 cm³/mol. The molecule has 2 rings (SSSR count). The SMILES string of the molecule is NC1CCCN(c2cccc(Br)c2)CC1. The molecule has 1 aromatic carbocycles. The highest BCUT2D eigenvalue weighted by Crippen LogP contribution is 2.22. The molecule has 0 amide bonds. The van der Waals surface area contributed by atoms with Crippen LogP contribution < -0.4 is 10.6 Å². The Morgan fingerprint density at radius 2 is 2.13 bits per heavy atom. The van der Waals surface area contributed by atoms with Crippen LogP contribution in [0, 0.1) is 0 Å². The Bertz CT molecular complexity index is 327. The first-order valence-electron chi connectivity index (χ1n) is 5.52. The monoisotopic (exact) mass is 268 g/mol. The van der Waals surface area contributed by atoms with Gasteiger partial charge in [-0.3, -0.25) is 0 Å². The van der Waals surface area contributed by atoms with Crippen molar-refractivity contribution >= 4 is 21.6 Å². The third-order valence-electron chi connectivity index (χ3n) is 2.95. The van der Waals surface area contributed by atoms with Crippen LogP contribution in [0.15, 0.2) is 28.7 Å². The quantitative estimate of drug-likeness (QED) is 0.849. The van der Waals surface area contributed by atoms with Crippen molar-refractivity contribution in [1.29, 1.82) is 0 Å². The van der Waals surface area contributed by atoms with E-state index in [-0.39, 0.29) is 0 Å². The Morgan fingerprint density at radius 3 is 2.93 bits per heavy atom. The van der Waals surface area contributed by atoms with Crippen molar-refractivity contribution in [3.63, 3.8) is 0 Å². The highest BCUT2D eigenvalue weighted by molar-refractivity contribution is 9.10. The zero-order chi connectivity index (χ0) is 10.7. The summed E-state index contributed by atoms with van der Waals surface area (Å²) in [5, 5.41) is 0. The maximum atomic E-state index is 5.97. The van der Waals surface area contributed by atoms with Crippen LogP contribution in [0.3, 0.4) is 0 Å². The van der Waals surface area contributed by atoms with Crippen LogP contribution >= 0.6 is 15.9 Å². The minimum absolute atomic E-state index is 0.391. The Kier molecular flexibility index (Phi) is 3.65. The maximum Gasteiger partial charge on any atom is 0.0377 e. The molecular weight excluding hydrogens is 252 g/mol. The lowest BCUT2D eigenvalue weighted by atomic mass is 10.1. The molecule has 1 aliphatic rings. The van der Waals surface area contributed by atoms with Gasteiger partial charge in [0.2, 0.25) is 0 Å². The van der Waals surface area contributed by atoms with Gasteiger partial charge in [0.25, 0.3) is 0 Å². The molecule has 1 aromatic rings. The molecule has 0 aliphatic carbocycles. The van der Waals surface area contributed by atoms with E-state index < -0.39 is 0 Å². The Balaban J connectivity index is 2.09. The van der Waals surface area contributed by atoms with Gasteiger partial charge in [0.15, 0.2) is 0 Å². The Labute approximate surface area is 99.6 Å². The van der Waals surface area contributed by atoms with Gasteiger partial charge < -0.3 is 10.6 Å². The fraction of sp³-hybridized carbons (Fsp3) is 0.500. The first kappa shape index (κ1) is 11.0. The molecule has 0 radical (unpaired) electrons. The first-order valence-corrected chi connectivity index (χ1v) is 6.31. The zero-order valence-corrected chi connectivity index (χ0v) is 10.4. The summed E-state index contributed by atoms with van der Waals surface area (Å²) in [5.41, 5.74) is 7.27. The smallest absolute Gasteiger partial charge is 0.0377 e. The summed E-state index contributed by atoms with van der Waals surface area (Å²) in [6.45, 7) is 2.21. The van der Waals surface area contributed by atoms with Gasteiger partial charge in [-0.05, 0) is 37.5 Å². The Morgan fingerprint density at radius 1 is 1.27 bits per heavy atom. The standard InChI is InChI=1S/C12H17BrN2/c13-10-3-1-5-12(9-10)15-7-2-4-11(14)6-8-15/h1,3,5,9,11H,2,4,6-8,14H2. The van der Waals surface area contributed by atoms with Crippen molar-refractivity contribution < 1.29 is 0 Å². The third kappa shape index (κ3) is 2.95. The van der Waals surface area contributed by atoms with Gasteiger partial charge in [0.05, 0.1) is 0 Å². The lowest BCUT2D eigenvalue weighted by Crippen LogP contribution is -2.26. The topological polar surface area (TPSA) is 29.3 Å². The molecule has 1 aliphatic heterocycles. The van der Waals surface area contributed by atoms with Gasteiger partial charge in [-0.25, -0.2) is 0 Å². The lowest BCUT2D eigenvalue weighted by Gasteiger charge is -2.22. The van der Waals surface area contributed by atoms with Crippen molar-refractivity contribution in [3.05, 3.63) is 28.7 Å². The van der Waals surface area contributed by atoms with Gasteiger partial charge in [-0.15, -0.1) is 0 Å². The predicted octanol–water partition coefficient (Wildman–Crippen LogP) is 2.77. The molecule has 0 aromatic heterocycles. The molecule has 0 saturated carbocycles. The fourth-order valence-electron chi connectivity index (χ4n) is 2.05. The second-order valence-corrected chi connectivity index (χ2v) is 5.07. The molecule has 1 heterocycles. The molecule has 2 N–H and O–H groups in total. The molecule has 15 heavy (non-hydrogen) atoms. The van der Waals surface area contributed by atoms with E-state index in [4.69, 9.17) is 5.73 Å². The molecule has 3 heteroatoms. The number of nitrogens with two attached hydrogens (primary N) is 1. The molecule has 1 unspecified atom stereocenters. The van der Waals surface area contributed by atoms with Gasteiger partial charge in [0.1, 0.15) is 0 Å². The first-order chi connectivity index (χ1) is 7.25. The van der Waals surface area contributed by atoms with E-state index in [9.17, 15) is 0 Å². The minimum atomic E-state index is 0.391. The van der Waals surface area contributed by atoms with E-state index in [0.717, 1.165) is 30.4 Å². The van der Waals surface area contributed by atoms with Crippen LogP contribution in [0.25, 0.3) is 0 Å². The average molecular weight is 269 g/mol. The van der Waals surface area contributed by atoms with Crippen LogP contribution in [0.4, 0.5) is 5.69 Å². The number of rotatable bonds is 1. The van der Waals surface area contributed by atoms with Gasteiger partial charge >= 0.3 is 0 Å². The molecule has 1 fully saturated rings. The highest BCUT2D eigenvalue weighted by atomic mass is 79.9. The maximum absolute atomic E-state index is 5.97. The number of nitrogens with zero attached hydrogens (tertiary/aromatic N) is 1. The van der Waals surface area contributed by atoms with E-state index >= 15 is 0 Å². The van der Waals surface area contributed by atoms with E-state index in [1.54, 1.807) is 0 Å². The van der Waals surface area contributed by atoms with Crippen molar-refractivity contribution in [1.82, 2.24) is 0 Å². The summed E-state index contributed by atoms with van der Waals surface area (Å²) >= 11 is 3.51. The van der Waals surface area contributed by atoms with Crippen molar-refractivity contribution in [2.45, 2.75) is 25.3 Å². The molecule has 2 nitrogen and oxygen atoms in total. The number of hydrogen-bond donors (Lipinski definition) is 1. The number of hydrogen-bond acceptors (Lipinski definition) is 2. The molecule has 1 atom stereocenters. The van der Waals surface area contributed by atoms with Crippen molar-refractivity contribution in [2.75, 3.05) is 18.0 Å². The van der Waals surface area contributed by atoms with Crippen LogP contribution in [0.1, 0.15) is 19.3 Å². The van der Waals surface area contributed by atoms with E-state index in [1.807, 2.05) is 0 Å². The van der Waals surface area contributed by atoms with Crippen LogP contribution in [-0.2, 0) is 0 Å². The summed E-state index contributed by atoms with van der Waals surface area (Å²) in [7, 11) is 0. The summed E-state index contributed by atoms with van der Waals surface area (Å²) in [6.07, 6.45) is 3.46. The minimum Gasteiger partial charge on any atom is -0.371 e. The molecule has 1 saturated heterocycles. The van der Waals surface area contributed by atoms with E-state index in [2.05, 4.69) is 45.1 Å². The summed E-state index contributed by atoms with van der Waals surface area (Å²) < 4.78 is 1.15. The third-order valence-corrected chi connectivity index (χ3v) is 3.44. The largest absolute Gasteiger partial charge is 0.371 e. The molecule has 82 valence electrons. The van der Waals surface area contributed by atoms with Crippen LogP contribution in [0.5, 0.6) is 0 Å². The lowest BCUT2D eigenvalue weighted by molar-refractivity contribution is 0.601. The normalized spacial score (nSPS) is 22.5. The summed E-state index contributed by atoms with van der Waals surface area (Å²) in [6, 6.07) is 8.89. The van der Waals surface area contributed by atoms with Gasteiger partial charge in [-0.1, -0.05) is 22.0 Å². The summed E-state index contributed by atoms with van der Waals surface area (Å²) in [4.78, 5) is 2.43. The van der Waals surface area contributed by atoms with Crippen molar-refractivity contribution in [3.8, 4) is 0 Å². The van der Waals surface area contributed by atoms with Crippen LogP contribution in [-0.4, -0.2) is 19.1 Å². The van der Waals surface area contributed by atoms with Crippen molar-refractivity contribution in [2.24, 2.45) is 5.73 Å². The molecule has 0 spiro atoms. The Hall–Kier alpha value is -0.540. The number of anilines is 1. The summed E-state index contributed by atoms with van der Waals surface area (Å²) in [5.74, 6) is 0. The second kappa shape index (κ2) is 4.99. The van der Waals surface area contributed by atoms with Crippen LogP contribution in [0.2, 0.25) is 0 Å². The fourth-order valence-corrected chi connectivity index (χ4v) is 2.44. The zero-order valence-electron chi connectivity index (χ0n) is 8.82. The number of benzene rings is 1. The van der Waals surface area contributed by atoms with E-state index in [0.29, 0.717) is 6.04 Å². The highest BCUT2D eigenvalue weighted by Gasteiger charge is 2.14.